The van der Waals surface area contributed by atoms with Gasteiger partial charge in [-0.05, 0) is 79.1 Å². The molecule has 4 nitrogen and oxygen atoms in total. The molecule has 1 amide bonds. The van der Waals surface area contributed by atoms with Crippen molar-refractivity contribution in [1.82, 2.24) is 5.43 Å². The minimum absolute atomic E-state index is 0.137. The number of thioether (sulfide) groups is 1. The van der Waals surface area contributed by atoms with Crippen LogP contribution in [0.3, 0.4) is 0 Å². The van der Waals surface area contributed by atoms with E-state index in [1.807, 2.05) is 62.4 Å². The molecule has 176 valence electrons. The van der Waals surface area contributed by atoms with Crippen molar-refractivity contribution in [3.63, 3.8) is 0 Å². The highest BCUT2D eigenvalue weighted by molar-refractivity contribution is 9.10. The van der Waals surface area contributed by atoms with Crippen molar-refractivity contribution in [2.24, 2.45) is 5.10 Å². The molecule has 0 aliphatic carbocycles. The summed E-state index contributed by atoms with van der Waals surface area (Å²) in [6.07, 6.45) is 1.66. The average molecular weight is 545 g/mol. The van der Waals surface area contributed by atoms with Gasteiger partial charge in [0.15, 0.2) is 0 Å². The molecule has 4 aromatic rings. The third-order valence-electron chi connectivity index (χ3n) is 5.40. The summed E-state index contributed by atoms with van der Waals surface area (Å²) in [6.45, 7) is 4.09. The monoisotopic (exact) mass is 543 g/mol. The Bertz CT molecular complexity index is 1270. The summed E-state index contributed by atoms with van der Waals surface area (Å²) in [7, 11) is 0. The molecule has 6 heteroatoms. The first kappa shape index (κ1) is 24.8. The van der Waals surface area contributed by atoms with Gasteiger partial charge in [0, 0.05) is 26.4 Å². The number of carbonyl (C=O) groups excluding carboxylic acids is 1. The summed E-state index contributed by atoms with van der Waals surface area (Å²) in [6, 6.07) is 32.8. The zero-order valence-corrected chi connectivity index (χ0v) is 22.0. The number of rotatable bonds is 8. The van der Waals surface area contributed by atoms with Crippen LogP contribution in [0.1, 0.15) is 16.7 Å². The number of hydrazone groups is 1. The average Bonchev–Trinajstić information content (AvgIpc) is 2.88. The van der Waals surface area contributed by atoms with Gasteiger partial charge in [0.1, 0.15) is 0 Å². The predicted octanol–water partition coefficient (Wildman–Crippen LogP) is 7.78. The molecular weight excluding hydrogens is 518 g/mol. The van der Waals surface area contributed by atoms with Crippen LogP contribution in [0, 0.1) is 13.8 Å². The quantitative estimate of drug-likeness (QED) is 0.140. The number of nitrogens with zero attached hydrogens (tertiary/aromatic N) is 2. The summed E-state index contributed by atoms with van der Waals surface area (Å²) in [5.74, 6) is 0.170. The molecular formula is C29H26BrN3OS. The number of benzene rings is 4. The van der Waals surface area contributed by atoms with E-state index < -0.39 is 0 Å². The Hall–Kier alpha value is -3.35. The van der Waals surface area contributed by atoms with E-state index in [0.717, 1.165) is 43.1 Å². The molecule has 0 fully saturated rings. The number of hydrogen-bond donors (Lipinski definition) is 1. The van der Waals surface area contributed by atoms with Crippen molar-refractivity contribution in [3.05, 3.63) is 118 Å². The van der Waals surface area contributed by atoms with Crippen LogP contribution in [-0.4, -0.2) is 17.9 Å². The molecule has 0 bridgehead atoms. The van der Waals surface area contributed by atoms with Gasteiger partial charge in [-0.1, -0.05) is 64.5 Å². The number of aryl methyl sites for hydroxylation is 2. The van der Waals surface area contributed by atoms with Gasteiger partial charge < -0.3 is 4.90 Å². The fourth-order valence-corrected chi connectivity index (χ4v) is 4.93. The van der Waals surface area contributed by atoms with Crippen LogP contribution >= 0.6 is 27.7 Å². The zero-order valence-electron chi connectivity index (χ0n) is 19.6. The number of amides is 1. The van der Waals surface area contributed by atoms with E-state index in [9.17, 15) is 4.79 Å². The van der Waals surface area contributed by atoms with Gasteiger partial charge >= 0.3 is 0 Å². The molecule has 0 saturated heterocycles. The third kappa shape index (κ3) is 6.62. The molecule has 0 unspecified atom stereocenters. The summed E-state index contributed by atoms with van der Waals surface area (Å²) in [5.41, 5.74) is 9.03. The number of anilines is 3. The van der Waals surface area contributed by atoms with E-state index in [0.29, 0.717) is 5.75 Å². The van der Waals surface area contributed by atoms with Gasteiger partial charge in [0.25, 0.3) is 0 Å². The first-order valence-corrected chi connectivity index (χ1v) is 13.0. The third-order valence-corrected chi connectivity index (χ3v) is 7.41. The van der Waals surface area contributed by atoms with E-state index >= 15 is 0 Å². The standard InChI is InChI=1S/C29H26BrN3OS/c1-21-18-28(22(2)17-27(21)30)35-20-29(34)32-31-19-23-13-15-26(16-14-23)33(24-9-5-3-6-10-24)25-11-7-4-8-12-25/h3-19H,20H2,1-2H3,(H,32,34). The van der Waals surface area contributed by atoms with E-state index in [1.54, 1.807) is 6.21 Å². The Kier molecular flexibility index (Phi) is 8.40. The molecule has 0 heterocycles. The van der Waals surface area contributed by atoms with Crippen molar-refractivity contribution in [3.8, 4) is 0 Å². The normalized spacial score (nSPS) is 10.9. The minimum Gasteiger partial charge on any atom is -0.311 e. The van der Waals surface area contributed by atoms with Crippen molar-refractivity contribution in [2.75, 3.05) is 10.7 Å². The number of hydrogen-bond acceptors (Lipinski definition) is 4. The molecule has 0 atom stereocenters. The molecule has 0 aliphatic heterocycles. The van der Waals surface area contributed by atoms with Crippen molar-refractivity contribution < 1.29 is 4.79 Å². The van der Waals surface area contributed by atoms with Crippen LogP contribution in [0.4, 0.5) is 17.1 Å². The largest absolute Gasteiger partial charge is 0.311 e. The van der Waals surface area contributed by atoms with Crippen LogP contribution in [-0.2, 0) is 4.79 Å². The second kappa shape index (κ2) is 11.9. The number of para-hydroxylation sites is 2. The lowest BCUT2D eigenvalue weighted by Crippen LogP contribution is -2.19. The van der Waals surface area contributed by atoms with Crippen LogP contribution in [0.5, 0.6) is 0 Å². The minimum atomic E-state index is -0.137. The Morgan fingerprint density at radius 3 is 2.03 bits per heavy atom. The molecule has 1 N–H and O–H groups in total. The molecule has 0 radical (unpaired) electrons. The fourth-order valence-electron chi connectivity index (χ4n) is 3.58. The number of nitrogens with one attached hydrogen (secondary N) is 1. The number of halogens is 1. The highest BCUT2D eigenvalue weighted by Crippen LogP contribution is 2.34. The second-order valence-corrected chi connectivity index (χ2v) is 9.92. The van der Waals surface area contributed by atoms with Crippen molar-refractivity contribution >= 4 is 56.9 Å². The van der Waals surface area contributed by atoms with E-state index in [4.69, 9.17) is 0 Å². The Labute approximate surface area is 219 Å². The van der Waals surface area contributed by atoms with Gasteiger partial charge in [0.2, 0.25) is 5.91 Å². The maximum Gasteiger partial charge on any atom is 0.250 e. The maximum absolute atomic E-state index is 12.3. The molecule has 4 aromatic carbocycles. The summed E-state index contributed by atoms with van der Waals surface area (Å²) in [4.78, 5) is 15.6. The summed E-state index contributed by atoms with van der Waals surface area (Å²) in [5, 5.41) is 4.14. The predicted molar refractivity (Wildman–Crippen MR) is 151 cm³/mol. The SMILES string of the molecule is Cc1cc(SCC(=O)NN=Cc2ccc(N(c3ccccc3)c3ccccc3)cc2)c(C)cc1Br. The Morgan fingerprint density at radius 2 is 1.43 bits per heavy atom. The molecule has 0 saturated carbocycles. The summed E-state index contributed by atoms with van der Waals surface area (Å²) >= 11 is 5.06. The van der Waals surface area contributed by atoms with Gasteiger partial charge in [-0.3, -0.25) is 4.79 Å². The highest BCUT2D eigenvalue weighted by Gasteiger charge is 2.11. The van der Waals surface area contributed by atoms with Crippen LogP contribution in [0.25, 0.3) is 0 Å². The summed E-state index contributed by atoms with van der Waals surface area (Å²) < 4.78 is 1.08. The Balaban J connectivity index is 1.39. The molecule has 0 aromatic heterocycles. The molecule has 35 heavy (non-hydrogen) atoms. The van der Waals surface area contributed by atoms with Crippen LogP contribution in [0.15, 0.2) is 112 Å². The first-order chi connectivity index (χ1) is 17.0. The first-order valence-electron chi connectivity index (χ1n) is 11.2. The topological polar surface area (TPSA) is 44.7 Å². The molecule has 0 spiro atoms. The smallest absolute Gasteiger partial charge is 0.250 e. The second-order valence-electron chi connectivity index (χ2n) is 8.05. The van der Waals surface area contributed by atoms with Crippen LogP contribution < -0.4 is 10.3 Å². The zero-order chi connectivity index (χ0) is 24.6. The van der Waals surface area contributed by atoms with Crippen molar-refractivity contribution in [1.29, 1.82) is 0 Å². The Morgan fingerprint density at radius 1 is 0.857 bits per heavy atom. The van der Waals surface area contributed by atoms with Crippen LogP contribution in [0.2, 0.25) is 0 Å². The van der Waals surface area contributed by atoms with E-state index in [-0.39, 0.29) is 5.91 Å². The molecule has 4 rings (SSSR count). The fraction of sp³-hybridized carbons (Fsp3) is 0.103. The lowest BCUT2D eigenvalue weighted by atomic mass is 10.1. The lowest BCUT2D eigenvalue weighted by molar-refractivity contribution is -0.118. The van der Waals surface area contributed by atoms with Crippen molar-refractivity contribution in [2.45, 2.75) is 18.7 Å². The highest BCUT2D eigenvalue weighted by atomic mass is 79.9. The van der Waals surface area contributed by atoms with Gasteiger partial charge in [0.05, 0.1) is 12.0 Å². The van der Waals surface area contributed by atoms with E-state index in [2.05, 4.69) is 79.9 Å². The van der Waals surface area contributed by atoms with Gasteiger partial charge in [-0.25, -0.2) is 5.43 Å². The maximum atomic E-state index is 12.3. The van der Waals surface area contributed by atoms with Gasteiger partial charge in [-0.2, -0.15) is 5.10 Å². The lowest BCUT2D eigenvalue weighted by Gasteiger charge is -2.25. The number of carbonyl (C=O) groups is 1. The molecule has 0 aliphatic rings. The van der Waals surface area contributed by atoms with E-state index in [1.165, 1.54) is 11.8 Å². The van der Waals surface area contributed by atoms with Gasteiger partial charge in [-0.15, -0.1) is 11.8 Å².